The molecule has 0 heterocycles. The number of amides is 2. The lowest BCUT2D eigenvalue weighted by atomic mass is 10.1. The zero-order chi connectivity index (χ0) is 21.6. The van der Waals surface area contributed by atoms with Gasteiger partial charge in [0.1, 0.15) is 11.8 Å². The first-order valence-corrected chi connectivity index (χ1v) is 10.2. The van der Waals surface area contributed by atoms with Crippen molar-refractivity contribution in [3.63, 3.8) is 0 Å². The molecule has 2 amide bonds. The zero-order valence-electron chi connectivity index (χ0n) is 17.1. The van der Waals surface area contributed by atoms with Gasteiger partial charge in [0.05, 0.1) is 0 Å². The van der Waals surface area contributed by atoms with Crippen LogP contribution in [0.25, 0.3) is 0 Å². The Kier molecular flexibility index (Phi) is 8.35. The van der Waals surface area contributed by atoms with Crippen molar-refractivity contribution in [1.82, 2.24) is 10.2 Å². The number of likely N-dealkylation sites (N-methyl/N-ethyl adjacent to an activating group) is 1. The van der Waals surface area contributed by atoms with E-state index in [1.165, 1.54) is 4.90 Å². The number of benzene rings is 2. The summed E-state index contributed by atoms with van der Waals surface area (Å²) in [6, 6.07) is 10.1. The SMILES string of the molecule is CCC(C(=O)NC)N(Cc1ccc(Cl)cc1Cl)C(=O)COc1cccc(C)c1C. The third kappa shape index (κ3) is 5.87. The number of ether oxygens (including phenoxy) is 1. The summed E-state index contributed by atoms with van der Waals surface area (Å²) in [4.78, 5) is 27.0. The molecular weight excluding hydrogens is 411 g/mol. The van der Waals surface area contributed by atoms with Crippen LogP contribution >= 0.6 is 23.2 Å². The van der Waals surface area contributed by atoms with Gasteiger partial charge in [0, 0.05) is 23.6 Å². The maximum atomic E-state index is 13.1. The van der Waals surface area contributed by atoms with Crippen molar-refractivity contribution >= 4 is 35.0 Å². The van der Waals surface area contributed by atoms with Gasteiger partial charge in [0.25, 0.3) is 5.91 Å². The van der Waals surface area contributed by atoms with Crippen LogP contribution in [0.3, 0.4) is 0 Å². The van der Waals surface area contributed by atoms with E-state index in [9.17, 15) is 9.59 Å². The van der Waals surface area contributed by atoms with Crippen molar-refractivity contribution in [2.24, 2.45) is 0 Å². The Morgan fingerprint density at radius 2 is 1.90 bits per heavy atom. The number of aryl methyl sites for hydroxylation is 1. The molecule has 0 aliphatic rings. The number of hydrogen-bond acceptors (Lipinski definition) is 3. The third-order valence-corrected chi connectivity index (χ3v) is 5.48. The van der Waals surface area contributed by atoms with E-state index < -0.39 is 6.04 Å². The van der Waals surface area contributed by atoms with Gasteiger partial charge in [-0.15, -0.1) is 0 Å². The second-order valence-corrected chi connectivity index (χ2v) is 7.63. The second kappa shape index (κ2) is 10.5. The number of nitrogens with one attached hydrogen (secondary N) is 1. The molecule has 2 rings (SSSR count). The molecule has 0 spiro atoms. The average molecular weight is 437 g/mol. The van der Waals surface area contributed by atoms with Gasteiger partial charge in [0.2, 0.25) is 5.91 Å². The lowest BCUT2D eigenvalue weighted by Gasteiger charge is -2.30. The molecule has 1 unspecified atom stereocenters. The molecule has 0 fully saturated rings. The minimum atomic E-state index is -0.638. The van der Waals surface area contributed by atoms with Gasteiger partial charge >= 0.3 is 0 Å². The molecule has 0 radical (unpaired) electrons. The normalized spacial score (nSPS) is 11.7. The third-order valence-electron chi connectivity index (χ3n) is 4.89. The van der Waals surface area contributed by atoms with E-state index in [0.29, 0.717) is 27.8 Å². The molecule has 0 bridgehead atoms. The van der Waals surface area contributed by atoms with E-state index in [-0.39, 0.29) is 25.0 Å². The molecule has 0 saturated carbocycles. The molecule has 7 heteroatoms. The molecule has 1 atom stereocenters. The van der Waals surface area contributed by atoms with E-state index in [1.54, 1.807) is 25.2 Å². The van der Waals surface area contributed by atoms with Crippen molar-refractivity contribution in [1.29, 1.82) is 0 Å². The van der Waals surface area contributed by atoms with E-state index in [1.807, 2.05) is 39.0 Å². The molecule has 2 aromatic carbocycles. The molecule has 0 saturated heterocycles. The van der Waals surface area contributed by atoms with Crippen LogP contribution in [0, 0.1) is 13.8 Å². The molecule has 29 heavy (non-hydrogen) atoms. The molecule has 1 N–H and O–H groups in total. The van der Waals surface area contributed by atoms with Gasteiger partial charge in [0.15, 0.2) is 6.61 Å². The average Bonchev–Trinajstić information content (AvgIpc) is 2.70. The van der Waals surface area contributed by atoms with E-state index in [4.69, 9.17) is 27.9 Å². The Balaban J connectivity index is 2.26. The lowest BCUT2D eigenvalue weighted by molar-refractivity contribution is -0.142. The minimum Gasteiger partial charge on any atom is -0.483 e. The van der Waals surface area contributed by atoms with Crippen LogP contribution in [-0.2, 0) is 16.1 Å². The summed E-state index contributed by atoms with van der Waals surface area (Å²) in [5, 5.41) is 3.57. The highest BCUT2D eigenvalue weighted by atomic mass is 35.5. The van der Waals surface area contributed by atoms with Gasteiger partial charge in [-0.3, -0.25) is 9.59 Å². The predicted octanol–water partition coefficient (Wildman–Crippen LogP) is 4.54. The van der Waals surface area contributed by atoms with Crippen LogP contribution in [0.4, 0.5) is 0 Å². The van der Waals surface area contributed by atoms with E-state index in [2.05, 4.69) is 5.32 Å². The van der Waals surface area contributed by atoms with E-state index >= 15 is 0 Å². The van der Waals surface area contributed by atoms with Crippen molar-refractivity contribution < 1.29 is 14.3 Å². The summed E-state index contributed by atoms with van der Waals surface area (Å²) >= 11 is 12.3. The summed E-state index contributed by atoms with van der Waals surface area (Å²) in [5.41, 5.74) is 2.76. The highest BCUT2D eigenvalue weighted by molar-refractivity contribution is 6.35. The maximum absolute atomic E-state index is 13.1. The largest absolute Gasteiger partial charge is 0.483 e. The maximum Gasteiger partial charge on any atom is 0.261 e. The van der Waals surface area contributed by atoms with Crippen molar-refractivity contribution in [2.45, 2.75) is 39.8 Å². The summed E-state index contributed by atoms with van der Waals surface area (Å²) < 4.78 is 5.78. The molecule has 0 aliphatic heterocycles. The van der Waals surface area contributed by atoms with Crippen LogP contribution in [0.2, 0.25) is 10.0 Å². The van der Waals surface area contributed by atoms with E-state index in [0.717, 1.165) is 11.1 Å². The molecule has 0 aromatic heterocycles. The topological polar surface area (TPSA) is 58.6 Å². The van der Waals surface area contributed by atoms with Crippen molar-refractivity contribution in [2.75, 3.05) is 13.7 Å². The number of nitrogens with zero attached hydrogens (tertiary/aromatic N) is 1. The van der Waals surface area contributed by atoms with Crippen LogP contribution in [0.15, 0.2) is 36.4 Å². The fourth-order valence-corrected chi connectivity index (χ4v) is 3.49. The van der Waals surface area contributed by atoms with Crippen LogP contribution in [0.1, 0.15) is 30.0 Å². The number of rotatable bonds is 8. The van der Waals surface area contributed by atoms with Gasteiger partial charge < -0.3 is 15.0 Å². The number of hydrogen-bond donors (Lipinski definition) is 1. The van der Waals surface area contributed by atoms with Crippen molar-refractivity contribution in [3.8, 4) is 5.75 Å². The lowest BCUT2D eigenvalue weighted by Crippen LogP contribution is -2.49. The standard InChI is InChI=1S/C22H26Cl2N2O3/c1-5-19(22(28)25-4)26(12-16-9-10-17(23)11-18(16)24)21(27)13-29-20-8-6-7-14(2)15(20)3/h6-11,19H,5,12-13H2,1-4H3,(H,25,28). The Morgan fingerprint density at radius 1 is 1.17 bits per heavy atom. The summed E-state index contributed by atoms with van der Waals surface area (Å²) in [7, 11) is 1.55. The van der Waals surface area contributed by atoms with Crippen LogP contribution in [0.5, 0.6) is 5.75 Å². The first kappa shape index (κ1) is 23.0. The fraction of sp³-hybridized carbons (Fsp3) is 0.364. The Morgan fingerprint density at radius 3 is 2.52 bits per heavy atom. The Bertz CT molecular complexity index is 886. The first-order valence-electron chi connectivity index (χ1n) is 9.42. The second-order valence-electron chi connectivity index (χ2n) is 6.78. The van der Waals surface area contributed by atoms with Gasteiger partial charge in [-0.1, -0.05) is 48.3 Å². The summed E-state index contributed by atoms with van der Waals surface area (Å²) in [6.07, 6.45) is 0.458. The van der Waals surface area contributed by atoms with Gasteiger partial charge in [-0.25, -0.2) is 0 Å². The molecular formula is C22H26Cl2N2O3. The molecule has 2 aromatic rings. The highest BCUT2D eigenvalue weighted by Gasteiger charge is 2.29. The first-order chi connectivity index (χ1) is 13.8. The Hall–Kier alpha value is -2.24. The van der Waals surface area contributed by atoms with Crippen LogP contribution < -0.4 is 10.1 Å². The summed E-state index contributed by atoms with van der Waals surface area (Å²) in [5.74, 6) is 0.112. The highest BCUT2D eigenvalue weighted by Crippen LogP contribution is 2.24. The quantitative estimate of drug-likeness (QED) is 0.660. The molecule has 156 valence electrons. The summed E-state index contributed by atoms with van der Waals surface area (Å²) in [6.45, 7) is 5.78. The Labute approximate surface area is 181 Å². The minimum absolute atomic E-state index is 0.178. The number of carbonyl (C=O) groups excluding carboxylic acids is 2. The molecule has 0 aliphatic carbocycles. The zero-order valence-corrected chi connectivity index (χ0v) is 18.6. The monoisotopic (exact) mass is 436 g/mol. The smallest absolute Gasteiger partial charge is 0.261 e. The van der Waals surface area contributed by atoms with Crippen LogP contribution in [-0.4, -0.2) is 36.4 Å². The van der Waals surface area contributed by atoms with Crippen molar-refractivity contribution in [3.05, 3.63) is 63.1 Å². The van der Waals surface area contributed by atoms with Gasteiger partial charge in [-0.2, -0.15) is 0 Å². The predicted molar refractivity (Wildman–Crippen MR) is 117 cm³/mol. The number of carbonyl (C=O) groups is 2. The fourth-order valence-electron chi connectivity index (χ4n) is 3.02. The van der Waals surface area contributed by atoms with Gasteiger partial charge in [-0.05, 0) is 55.2 Å². The number of halogens is 2. The molecule has 5 nitrogen and oxygen atoms in total.